The molecule has 166 valence electrons. The van der Waals surface area contributed by atoms with E-state index >= 15 is 0 Å². The fraction of sp³-hybridized carbons (Fsp3) is 0.520. The lowest BCUT2D eigenvalue weighted by Crippen LogP contribution is -2.58. The average Bonchev–Trinajstić information content (AvgIpc) is 2.73. The maximum Gasteiger partial charge on any atom is 0.162 e. The molecular formula is C25H28BrCl2NO2. The monoisotopic (exact) mass is 523 g/mol. The molecule has 0 atom stereocenters. The minimum atomic E-state index is 0.338. The number of hydrogen-bond donors (Lipinski definition) is 1. The fourth-order valence-electron chi connectivity index (χ4n) is 6.39. The van der Waals surface area contributed by atoms with Crippen LogP contribution in [0.5, 0.6) is 11.5 Å². The number of hydrogen-bond acceptors (Lipinski definition) is 3. The van der Waals surface area contributed by atoms with E-state index in [9.17, 15) is 0 Å². The normalized spacial score (nSPS) is 28.7. The summed E-state index contributed by atoms with van der Waals surface area (Å²) in [6, 6.07) is 9.62. The molecule has 0 radical (unpaired) electrons. The summed E-state index contributed by atoms with van der Waals surface area (Å²) in [5, 5.41) is 5.04. The molecule has 6 heteroatoms. The van der Waals surface area contributed by atoms with Gasteiger partial charge in [-0.15, -0.1) is 0 Å². The molecule has 0 unspecified atom stereocenters. The topological polar surface area (TPSA) is 30.5 Å². The molecule has 4 aliphatic rings. The third-order valence-corrected chi connectivity index (χ3v) is 8.88. The summed E-state index contributed by atoms with van der Waals surface area (Å²) >= 11 is 15.9. The molecule has 0 heterocycles. The molecule has 0 amide bonds. The Hall–Kier alpha value is -0.940. The van der Waals surface area contributed by atoms with Crippen LogP contribution in [0.3, 0.4) is 0 Å². The van der Waals surface area contributed by atoms with Crippen LogP contribution in [0.2, 0.25) is 10.0 Å². The van der Waals surface area contributed by atoms with E-state index in [1.54, 1.807) is 13.2 Å². The molecule has 3 nitrogen and oxygen atoms in total. The van der Waals surface area contributed by atoms with Gasteiger partial charge in [-0.25, -0.2) is 0 Å². The van der Waals surface area contributed by atoms with Crippen molar-refractivity contribution in [3.05, 3.63) is 56.0 Å². The van der Waals surface area contributed by atoms with Crippen LogP contribution in [0.1, 0.15) is 49.7 Å². The summed E-state index contributed by atoms with van der Waals surface area (Å²) in [6.45, 7) is 1.24. The Morgan fingerprint density at radius 1 is 0.968 bits per heavy atom. The Balaban J connectivity index is 1.27. The lowest BCUT2D eigenvalue weighted by molar-refractivity contribution is -0.0206. The Morgan fingerprint density at radius 2 is 1.65 bits per heavy atom. The van der Waals surface area contributed by atoms with Gasteiger partial charge in [-0.3, -0.25) is 0 Å². The zero-order valence-electron chi connectivity index (χ0n) is 17.7. The van der Waals surface area contributed by atoms with Gasteiger partial charge in [-0.2, -0.15) is 0 Å². The second-order valence-corrected chi connectivity index (χ2v) is 11.4. The number of halogens is 3. The van der Waals surface area contributed by atoms with Gasteiger partial charge in [0.2, 0.25) is 0 Å². The molecule has 4 bridgehead atoms. The summed E-state index contributed by atoms with van der Waals surface area (Å²) in [4.78, 5) is 0. The molecule has 0 aliphatic heterocycles. The van der Waals surface area contributed by atoms with Crippen LogP contribution in [-0.2, 0) is 13.2 Å². The lowest BCUT2D eigenvalue weighted by atomic mass is 9.53. The summed E-state index contributed by atoms with van der Waals surface area (Å²) < 4.78 is 12.7. The minimum absolute atomic E-state index is 0.338. The molecule has 31 heavy (non-hydrogen) atoms. The van der Waals surface area contributed by atoms with Gasteiger partial charge < -0.3 is 14.8 Å². The maximum atomic E-state index is 6.12. The summed E-state index contributed by atoms with van der Waals surface area (Å²) in [5.41, 5.74) is 2.50. The van der Waals surface area contributed by atoms with Crippen LogP contribution in [0.4, 0.5) is 0 Å². The SMILES string of the molecule is COc1cc(CNC23CC4CC(CC(C4)C2)C3)c(Br)cc1OCc1ccc(Cl)c(Cl)c1. The highest BCUT2D eigenvalue weighted by Gasteiger charge is 2.50. The van der Waals surface area contributed by atoms with E-state index in [0.717, 1.165) is 40.1 Å². The number of ether oxygens (including phenoxy) is 2. The van der Waals surface area contributed by atoms with Crippen molar-refractivity contribution in [3.63, 3.8) is 0 Å². The van der Waals surface area contributed by atoms with Gasteiger partial charge in [0.25, 0.3) is 0 Å². The highest BCUT2D eigenvalue weighted by Crippen LogP contribution is 2.55. The Bertz CT molecular complexity index is 945. The quantitative estimate of drug-likeness (QED) is 0.409. The van der Waals surface area contributed by atoms with Crippen molar-refractivity contribution in [3.8, 4) is 11.5 Å². The predicted molar refractivity (Wildman–Crippen MR) is 129 cm³/mol. The van der Waals surface area contributed by atoms with E-state index in [4.69, 9.17) is 32.7 Å². The Kier molecular flexibility index (Phi) is 6.19. The Morgan fingerprint density at radius 3 is 2.26 bits per heavy atom. The van der Waals surface area contributed by atoms with Crippen LogP contribution in [0.25, 0.3) is 0 Å². The number of nitrogens with one attached hydrogen (secondary N) is 1. The van der Waals surface area contributed by atoms with E-state index in [-0.39, 0.29) is 0 Å². The highest BCUT2D eigenvalue weighted by molar-refractivity contribution is 9.10. The molecule has 2 aromatic carbocycles. The number of methoxy groups -OCH3 is 1. The molecule has 0 spiro atoms. The second-order valence-electron chi connectivity index (χ2n) is 9.68. The zero-order chi connectivity index (χ0) is 21.6. The zero-order valence-corrected chi connectivity index (χ0v) is 20.8. The first-order valence-electron chi connectivity index (χ1n) is 11.1. The van der Waals surface area contributed by atoms with Crippen LogP contribution < -0.4 is 14.8 Å². The largest absolute Gasteiger partial charge is 0.493 e. The molecule has 0 aromatic heterocycles. The van der Waals surface area contributed by atoms with Gasteiger partial charge in [0, 0.05) is 16.6 Å². The molecular weight excluding hydrogens is 497 g/mol. The van der Waals surface area contributed by atoms with Crippen LogP contribution in [-0.4, -0.2) is 12.6 Å². The van der Waals surface area contributed by atoms with Crippen LogP contribution in [0.15, 0.2) is 34.8 Å². The van der Waals surface area contributed by atoms with E-state index < -0.39 is 0 Å². The van der Waals surface area contributed by atoms with Gasteiger partial charge in [-0.05, 0) is 91.7 Å². The van der Waals surface area contributed by atoms with Crippen LogP contribution >= 0.6 is 39.1 Å². The molecule has 2 aromatic rings. The molecule has 4 saturated carbocycles. The van der Waals surface area contributed by atoms with Gasteiger partial charge in [0.15, 0.2) is 11.5 Å². The molecule has 1 N–H and O–H groups in total. The van der Waals surface area contributed by atoms with Crippen molar-refractivity contribution in [1.82, 2.24) is 5.32 Å². The highest BCUT2D eigenvalue weighted by atomic mass is 79.9. The first-order chi connectivity index (χ1) is 14.9. The van der Waals surface area contributed by atoms with Gasteiger partial charge in [0.1, 0.15) is 6.61 Å². The van der Waals surface area contributed by atoms with E-state index in [0.29, 0.717) is 27.9 Å². The third-order valence-electron chi connectivity index (χ3n) is 7.40. The number of benzene rings is 2. The first-order valence-corrected chi connectivity index (χ1v) is 12.7. The summed E-state index contributed by atoms with van der Waals surface area (Å²) in [7, 11) is 1.69. The molecule has 4 fully saturated rings. The van der Waals surface area contributed by atoms with Crippen molar-refractivity contribution in [2.24, 2.45) is 17.8 Å². The predicted octanol–water partition coefficient (Wildman–Crippen LogP) is 7.40. The smallest absolute Gasteiger partial charge is 0.162 e. The molecule has 0 saturated heterocycles. The number of rotatable bonds is 7. The molecule has 6 rings (SSSR count). The lowest BCUT2D eigenvalue weighted by Gasteiger charge is -2.57. The minimum Gasteiger partial charge on any atom is -0.493 e. The molecule has 4 aliphatic carbocycles. The van der Waals surface area contributed by atoms with Crippen molar-refractivity contribution in [2.75, 3.05) is 7.11 Å². The first kappa shape index (κ1) is 21.9. The fourth-order valence-corrected chi connectivity index (χ4v) is 7.17. The van der Waals surface area contributed by atoms with Gasteiger partial charge in [-0.1, -0.05) is 45.2 Å². The van der Waals surface area contributed by atoms with Gasteiger partial charge in [0.05, 0.1) is 17.2 Å². The van der Waals surface area contributed by atoms with Gasteiger partial charge >= 0.3 is 0 Å². The van der Waals surface area contributed by atoms with Crippen molar-refractivity contribution in [1.29, 1.82) is 0 Å². The standard InChI is InChI=1S/C25H28BrCl2NO2/c1-30-23-8-19(13-29-25-10-16-4-17(11-25)6-18(5-16)12-25)20(26)9-24(23)31-14-15-2-3-21(27)22(28)7-15/h2-3,7-9,16-18,29H,4-6,10-14H2,1H3. The van der Waals surface area contributed by atoms with E-state index in [1.807, 2.05) is 18.2 Å². The van der Waals surface area contributed by atoms with Crippen molar-refractivity contribution < 1.29 is 9.47 Å². The maximum absolute atomic E-state index is 6.12. The van der Waals surface area contributed by atoms with Crippen molar-refractivity contribution >= 4 is 39.1 Å². The summed E-state index contributed by atoms with van der Waals surface area (Å²) in [6.07, 6.45) is 8.42. The van der Waals surface area contributed by atoms with E-state index in [1.165, 1.54) is 44.1 Å². The Labute approximate surface area is 202 Å². The average molecular weight is 525 g/mol. The third kappa shape index (κ3) is 4.59. The van der Waals surface area contributed by atoms with Crippen LogP contribution in [0, 0.1) is 17.8 Å². The second kappa shape index (κ2) is 8.78. The van der Waals surface area contributed by atoms with Crippen molar-refractivity contribution in [2.45, 2.75) is 57.2 Å². The van der Waals surface area contributed by atoms with E-state index in [2.05, 4.69) is 27.3 Å². The summed E-state index contributed by atoms with van der Waals surface area (Å²) in [5.74, 6) is 4.26.